The fraction of sp³-hybridized carbons (Fsp3) is 0.304. The van der Waals surface area contributed by atoms with Gasteiger partial charge in [-0.1, -0.05) is 0 Å². The topological polar surface area (TPSA) is 0 Å². The molecule has 0 spiro atoms. The SMILES string of the molecule is CC1=C(C)C(C)(C)[C]([Ti+2][c]2cccc3c2Cc2ccccc2-3)=C1C.[I-].[I-]. The molecule has 0 saturated carbocycles. The molecule has 2 aromatic carbocycles. The summed E-state index contributed by atoms with van der Waals surface area (Å²) in [5, 5.41) is 0. The molecule has 0 N–H and O–H groups in total. The minimum atomic E-state index is -0.296. The van der Waals surface area contributed by atoms with Crippen molar-refractivity contribution < 1.29 is 67.1 Å². The van der Waals surface area contributed by atoms with Crippen LogP contribution >= 0.6 is 0 Å². The second kappa shape index (κ2) is 8.22. The van der Waals surface area contributed by atoms with Crippen LogP contribution in [-0.2, 0) is 25.6 Å². The van der Waals surface area contributed by atoms with E-state index in [4.69, 9.17) is 0 Å². The zero-order valence-electron chi connectivity index (χ0n) is 16.0. The number of hydrogen-bond donors (Lipinski definition) is 0. The van der Waals surface area contributed by atoms with E-state index in [0.717, 1.165) is 6.42 Å². The molecule has 2 aliphatic carbocycles. The van der Waals surface area contributed by atoms with Gasteiger partial charge in [-0.15, -0.1) is 0 Å². The Morgan fingerprint density at radius 1 is 0.808 bits per heavy atom. The van der Waals surface area contributed by atoms with Crippen LogP contribution < -0.4 is 51.8 Å². The summed E-state index contributed by atoms with van der Waals surface area (Å²) in [6, 6.07) is 15.9. The Morgan fingerprint density at radius 3 is 2.12 bits per heavy atom. The van der Waals surface area contributed by atoms with Gasteiger partial charge < -0.3 is 48.0 Å². The Hall–Kier alpha value is 0.0943. The summed E-state index contributed by atoms with van der Waals surface area (Å²) in [7, 11) is 0. The second-order valence-corrected chi connectivity index (χ2v) is 9.68. The summed E-state index contributed by atoms with van der Waals surface area (Å²) in [5.41, 5.74) is 10.9. The maximum atomic E-state index is 2.42. The van der Waals surface area contributed by atoms with Crippen LogP contribution in [0.15, 0.2) is 63.1 Å². The molecule has 0 radical (unpaired) electrons. The molecular formula is C23H24I2Ti. The molecule has 0 unspecified atom stereocenters. The number of halogens is 2. The molecule has 0 saturated heterocycles. The van der Waals surface area contributed by atoms with Crippen LogP contribution in [0.2, 0.25) is 0 Å². The van der Waals surface area contributed by atoms with Crippen LogP contribution in [0.5, 0.6) is 0 Å². The first-order chi connectivity index (χ1) is 11.4. The van der Waals surface area contributed by atoms with Gasteiger partial charge in [0.05, 0.1) is 0 Å². The third kappa shape index (κ3) is 3.44. The Balaban J connectivity index is 0.00000121. The summed E-state index contributed by atoms with van der Waals surface area (Å²) in [5.74, 6) is 0. The summed E-state index contributed by atoms with van der Waals surface area (Å²) >= 11 is -0.296. The first-order valence-electron chi connectivity index (χ1n) is 8.78. The summed E-state index contributed by atoms with van der Waals surface area (Å²) in [6.07, 6.45) is 1.11. The van der Waals surface area contributed by atoms with Gasteiger partial charge in [-0.05, 0) is 0 Å². The molecule has 26 heavy (non-hydrogen) atoms. The first kappa shape index (κ1) is 22.4. The molecule has 0 heterocycles. The van der Waals surface area contributed by atoms with Crippen LogP contribution in [0.25, 0.3) is 11.1 Å². The summed E-state index contributed by atoms with van der Waals surface area (Å²) in [4.78, 5) is 0. The van der Waals surface area contributed by atoms with E-state index >= 15 is 0 Å². The second-order valence-electron chi connectivity index (χ2n) is 7.67. The molecule has 4 rings (SSSR count). The van der Waals surface area contributed by atoms with Crippen molar-refractivity contribution in [1.29, 1.82) is 0 Å². The maximum absolute atomic E-state index is 2.42. The smallest absolute Gasteiger partial charge is 1.00 e. The Labute approximate surface area is 200 Å². The van der Waals surface area contributed by atoms with Crippen LogP contribution in [0, 0.1) is 5.41 Å². The predicted molar refractivity (Wildman–Crippen MR) is 99.2 cm³/mol. The molecule has 0 amide bonds. The van der Waals surface area contributed by atoms with Gasteiger partial charge in [0.1, 0.15) is 0 Å². The van der Waals surface area contributed by atoms with Crippen molar-refractivity contribution in [2.24, 2.45) is 5.41 Å². The third-order valence-corrected chi connectivity index (χ3v) is 9.28. The van der Waals surface area contributed by atoms with Crippen LogP contribution in [0.3, 0.4) is 0 Å². The number of rotatable bonds is 2. The molecule has 0 aliphatic heterocycles. The largest absolute Gasteiger partial charge is 1.00 e. The van der Waals surface area contributed by atoms with Crippen molar-refractivity contribution in [3.63, 3.8) is 0 Å². The van der Waals surface area contributed by atoms with Gasteiger partial charge in [-0.25, -0.2) is 0 Å². The number of hydrogen-bond acceptors (Lipinski definition) is 0. The van der Waals surface area contributed by atoms with Crippen molar-refractivity contribution in [2.75, 3.05) is 0 Å². The molecule has 0 fully saturated rings. The molecule has 0 bridgehead atoms. The van der Waals surface area contributed by atoms with Gasteiger partial charge in [0.25, 0.3) is 0 Å². The zero-order chi connectivity index (χ0) is 17.1. The fourth-order valence-electron chi connectivity index (χ4n) is 4.25. The van der Waals surface area contributed by atoms with E-state index in [2.05, 4.69) is 77.1 Å². The normalized spacial score (nSPS) is 16.5. The van der Waals surface area contributed by atoms with E-state index in [0.29, 0.717) is 0 Å². The fourth-order valence-corrected chi connectivity index (χ4v) is 6.90. The van der Waals surface area contributed by atoms with Crippen molar-refractivity contribution in [2.45, 2.75) is 41.0 Å². The number of fused-ring (bicyclic) bond motifs is 3. The Kier molecular flexibility index (Phi) is 7.08. The Bertz CT molecular complexity index is 920. The zero-order valence-corrected chi connectivity index (χ0v) is 21.9. The van der Waals surface area contributed by atoms with Crippen LogP contribution in [-0.4, -0.2) is 0 Å². The van der Waals surface area contributed by atoms with E-state index in [-0.39, 0.29) is 72.5 Å². The van der Waals surface area contributed by atoms with Gasteiger partial charge in [0.15, 0.2) is 0 Å². The third-order valence-electron chi connectivity index (χ3n) is 6.17. The van der Waals surface area contributed by atoms with E-state index in [1.165, 1.54) is 22.3 Å². The quantitative estimate of drug-likeness (QED) is 0.278. The van der Waals surface area contributed by atoms with Gasteiger partial charge in [0, 0.05) is 0 Å². The molecule has 134 valence electrons. The number of allylic oxidation sites excluding steroid dienone is 4. The van der Waals surface area contributed by atoms with Crippen molar-refractivity contribution in [1.82, 2.24) is 0 Å². The average Bonchev–Trinajstić information content (AvgIpc) is 3.02. The molecule has 0 aromatic heterocycles. The standard InChI is InChI=1S/C13H9.C10H15.2HI.Ti/c1-3-7-12-10(5-1)9-11-6-2-4-8-13(11)12;1-7-6-10(4,5)9(3)8(7)2;;;/h1-5,7-8H,9H2;1-5H3;2*1H;/q;;;;+2/p-2. The molecule has 0 nitrogen and oxygen atoms in total. The van der Waals surface area contributed by atoms with E-state index in [1.807, 2.05) is 0 Å². The predicted octanol–water partition coefficient (Wildman–Crippen LogP) is -0.376. The van der Waals surface area contributed by atoms with Crippen LogP contribution in [0.1, 0.15) is 45.7 Å². The van der Waals surface area contributed by atoms with E-state index in [1.54, 1.807) is 24.5 Å². The summed E-state index contributed by atoms with van der Waals surface area (Å²) < 4.78 is 3.36. The van der Waals surface area contributed by atoms with E-state index < -0.39 is 0 Å². The van der Waals surface area contributed by atoms with Crippen LogP contribution in [0.4, 0.5) is 0 Å². The minimum absolute atomic E-state index is 0. The van der Waals surface area contributed by atoms with Crippen molar-refractivity contribution >= 4 is 3.87 Å². The monoisotopic (exact) mass is 602 g/mol. The molecular weight excluding hydrogens is 578 g/mol. The minimum Gasteiger partial charge on any atom is -1.00 e. The average molecular weight is 602 g/mol. The molecule has 2 aromatic rings. The van der Waals surface area contributed by atoms with Crippen molar-refractivity contribution in [3.05, 3.63) is 74.2 Å². The molecule has 0 atom stereocenters. The summed E-state index contributed by atoms with van der Waals surface area (Å²) in [6.45, 7) is 11.8. The van der Waals surface area contributed by atoms with Gasteiger partial charge in [-0.2, -0.15) is 0 Å². The van der Waals surface area contributed by atoms with Crippen molar-refractivity contribution in [3.8, 4) is 11.1 Å². The molecule has 3 heteroatoms. The van der Waals surface area contributed by atoms with Gasteiger partial charge >= 0.3 is 155 Å². The molecule has 2 aliphatic rings. The maximum Gasteiger partial charge on any atom is -1.00 e. The van der Waals surface area contributed by atoms with Gasteiger partial charge in [-0.3, -0.25) is 0 Å². The van der Waals surface area contributed by atoms with E-state index in [9.17, 15) is 0 Å². The number of benzene rings is 2. The Morgan fingerprint density at radius 2 is 1.46 bits per heavy atom. The first-order valence-corrected chi connectivity index (χ1v) is 10.3. The van der Waals surface area contributed by atoms with Gasteiger partial charge in [0.2, 0.25) is 0 Å².